The first-order valence-electron chi connectivity index (χ1n) is 3.45. The Kier molecular flexibility index (Phi) is 2.43. The van der Waals surface area contributed by atoms with Gasteiger partial charge in [-0.05, 0) is 0 Å². The van der Waals surface area contributed by atoms with E-state index in [9.17, 15) is 9.59 Å². The molecule has 1 amide bonds. The molecule has 0 atom stereocenters. The molecule has 1 rings (SSSR count). The summed E-state index contributed by atoms with van der Waals surface area (Å²) >= 11 is 0. The summed E-state index contributed by atoms with van der Waals surface area (Å²) in [6.45, 7) is 1.01. The number of carboxylic acid groups (broad SMARTS) is 1. The molecule has 2 N–H and O–H groups in total. The normalized spacial score (nSPS) is 18.4. The third kappa shape index (κ3) is 2.55. The van der Waals surface area contributed by atoms with Crippen LogP contribution in [0.25, 0.3) is 0 Å². The van der Waals surface area contributed by atoms with E-state index in [4.69, 9.17) is 5.11 Å². The Morgan fingerprint density at radius 3 is 2.91 bits per heavy atom. The van der Waals surface area contributed by atoms with Crippen LogP contribution in [0.15, 0.2) is 0 Å². The number of hydrazine groups is 1. The predicted octanol–water partition coefficient (Wildman–Crippen LogP) is -0.802. The van der Waals surface area contributed by atoms with Crippen LogP contribution in [-0.2, 0) is 9.59 Å². The quantitative estimate of drug-likeness (QED) is 0.564. The highest BCUT2D eigenvalue weighted by molar-refractivity contribution is 5.77. The molecule has 0 spiro atoms. The average Bonchev–Trinajstić information content (AvgIpc) is 2.31. The van der Waals surface area contributed by atoms with E-state index in [1.165, 1.54) is 0 Å². The first-order valence-corrected chi connectivity index (χ1v) is 3.45. The van der Waals surface area contributed by atoms with E-state index in [1.54, 1.807) is 5.01 Å². The summed E-state index contributed by atoms with van der Waals surface area (Å²) in [5.41, 5.74) is 2.54. The molecule has 62 valence electrons. The van der Waals surface area contributed by atoms with Crippen molar-refractivity contribution in [1.82, 2.24) is 10.4 Å². The maximum Gasteiger partial charge on any atom is 0.304 e. The summed E-state index contributed by atoms with van der Waals surface area (Å²) < 4.78 is 0. The smallest absolute Gasteiger partial charge is 0.304 e. The van der Waals surface area contributed by atoms with E-state index in [2.05, 4.69) is 5.43 Å². The number of nitrogens with zero attached hydrogens (tertiary/aromatic N) is 1. The van der Waals surface area contributed by atoms with Crippen LogP contribution >= 0.6 is 0 Å². The molecule has 11 heavy (non-hydrogen) atoms. The highest BCUT2D eigenvalue weighted by atomic mass is 16.4. The Hall–Kier alpha value is -1.10. The van der Waals surface area contributed by atoms with Gasteiger partial charge in [0.25, 0.3) is 0 Å². The van der Waals surface area contributed by atoms with E-state index >= 15 is 0 Å². The van der Waals surface area contributed by atoms with Crippen molar-refractivity contribution >= 4 is 11.9 Å². The highest BCUT2D eigenvalue weighted by Gasteiger charge is 2.17. The van der Waals surface area contributed by atoms with Crippen molar-refractivity contribution in [2.24, 2.45) is 0 Å². The van der Waals surface area contributed by atoms with E-state index in [1.807, 2.05) is 0 Å². The lowest BCUT2D eigenvalue weighted by atomic mass is 10.4. The van der Waals surface area contributed by atoms with Crippen molar-refractivity contribution in [3.05, 3.63) is 0 Å². The van der Waals surface area contributed by atoms with Gasteiger partial charge >= 0.3 is 5.97 Å². The van der Waals surface area contributed by atoms with Crippen LogP contribution in [0.4, 0.5) is 0 Å². The van der Waals surface area contributed by atoms with Crippen LogP contribution in [0.2, 0.25) is 0 Å². The minimum atomic E-state index is -0.842. The zero-order valence-electron chi connectivity index (χ0n) is 6.04. The molecule has 0 aromatic heterocycles. The van der Waals surface area contributed by atoms with E-state index in [0.29, 0.717) is 19.5 Å². The van der Waals surface area contributed by atoms with Gasteiger partial charge in [-0.2, -0.15) is 0 Å². The number of nitrogens with one attached hydrogen (secondary N) is 1. The maximum absolute atomic E-state index is 10.6. The molecule has 0 aliphatic carbocycles. The first kappa shape index (κ1) is 8.00. The molecule has 0 radical (unpaired) electrons. The number of rotatable bonds is 3. The van der Waals surface area contributed by atoms with Gasteiger partial charge in [-0.25, -0.2) is 5.01 Å². The second-order valence-corrected chi connectivity index (χ2v) is 2.42. The summed E-state index contributed by atoms with van der Waals surface area (Å²) in [5.74, 6) is -0.874. The SMILES string of the molecule is O=C(O)CCN1CCC(=O)N1. The number of carbonyl (C=O) groups is 2. The molecule has 1 aliphatic rings. The largest absolute Gasteiger partial charge is 0.481 e. The van der Waals surface area contributed by atoms with E-state index in [0.717, 1.165) is 0 Å². The van der Waals surface area contributed by atoms with Crippen molar-refractivity contribution in [2.45, 2.75) is 12.8 Å². The summed E-state index contributed by atoms with van der Waals surface area (Å²) in [4.78, 5) is 20.7. The Labute approximate surface area is 64.0 Å². The fourth-order valence-corrected chi connectivity index (χ4v) is 0.923. The lowest BCUT2D eigenvalue weighted by Crippen LogP contribution is -2.34. The molecule has 0 aromatic rings. The molecule has 0 unspecified atom stereocenters. The highest BCUT2D eigenvalue weighted by Crippen LogP contribution is 1.98. The van der Waals surface area contributed by atoms with Gasteiger partial charge in [-0.3, -0.25) is 15.0 Å². The average molecular weight is 158 g/mol. The molecule has 1 fully saturated rings. The molecule has 0 aromatic carbocycles. The number of aliphatic carboxylic acids is 1. The van der Waals surface area contributed by atoms with Gasteiger partial charge < -0.3 is 5.11 Å². The Balaban J connectivity index is 2.18. The Morgan fingerprint density at radius 1 is 1.73 bits per heavy atom. The molecular weight excluding hydrogens is 148 g/mol. The molecular formula is C6H10N2O3. The maximum atomic E-state index is 10.6. The lowest BCUT2D eigenvalue weighted by Gasteiger charge is -2.11. The zero-order chi connectivity index (χ0) is 8.27. The van der Waals surface area contributed by atoms with Gasteiger partial charge in [-0.1, -0.05) is 0 Å². The van der Waals surface area contributed by atoms with Crippen LogP contribution in [-0.4, -0.2) is 35.1 Å². The Bertz CT molecular complexity index is 181. The second-order valence-electron chi connectivity index (χ2n) is 2.42. The van der Waals surface area contributed by atoms with Crippen molar-refractivity contribution in [1.29, 1.82) is 0 Å². The monoisotopic (exact) mass is 158 g/mol. The van der Waals surface area contributed by atoms with Crippen molar-refractivity contribution in [3.63, 3.8) is 0 Å². The van der Waals surface area contributed by atoms with Crippen molar-refractivity contribution < 1.29 is 14.7 Å². The molecule has 1 heterocycles. The minimum Gasteiger partial charge on any atom is -0.481 e. The van der Waals surface area contributed by atoms with Crippen LogP contribution in [0.5, 0.6) is 0 Å². The van der Waals surface area contributed by atoms with Gasteiger partial charge in [0.05, 0.1) is 6.42 Å². The van der Waals surface area contributed by atoms with Gasteiger partial charge in [-0.15, -0.1) is 0 Å². The van der Waals surface area contributed by atoms with Crippen molar-refractivity contribution in [2.75, 3.05) is 13.1 Å². The number of amides is 1. The number of hydrogen-bond acceptors (Lipinski definition) is 3. The number of carbonyl (C=O) groups excluding carboxylic acids is 1. The predicted molar refractivity (Wildman–Crippen MR) is 36.6 cm³/mol. The van der Waals surface area contributed by atoms with E-state index < -0.39 is 5.97 Å². The third-order valence-corrected chi connectivity index (χ3v) is 1.49. The molecule has 1 saturated heterocycles. The zero-order valence-corrected chi connectivity index (χ0v) is 6.04. The summed E-state index contributed by atoms with van der Waals surface area (Å²) in [6, 6.07) is 0. The molecule has 0 bridgehead atoms. The lowest BCUT2D eigenvalue weighted by molar-refractivity contribution is -0.137. The van der Waals surface area contributed by atoms with E-state index in [-0.39, 0.29) is 12.3 Å². The number of carboxylic acids is 1. The van der Waals surface area contributed by atoms with Crippen LogP contribution < -0.4 is 5.43 Å². The van der Waals surface area contributed by atoms with Crippen LogP contribution in [0.1, 0.15) is 12.8 Å². The third-order valence-electron chi connectivity index (χ3n) is 1.49. The summed E-state index contributed by atoms with van der Waals surface area (Å²) in [6.07, 6.45) is 0.542. The van der Waals surface area contributed by atoms with Crippen LogP contribution in [0.3, 0.4) is 0 Å². The minimum absolute atomic E-state index is 0.0320. The summed E-state index contributed by atoms with van der Waals surface area (Å²) in [7, 11) is 0. The molecule has 5 nitrogen and oxygen atoms in total. The van der Waals surface area contributed by atoms with Crippen LogP contribution in [0, 0.1) is 0 Å². The Morgan fingerprint density at radius 2 is 2.45 bits per heavy atom. The molecule has 5 heteroatoms. The summed E-state index contributed by atoms with van der Waals surface area (Å²) in [5, 5.41) is 9.92. The first-order chi connectivity index (χ1) is 5.18. The van der Waals surface area contributed by atoms with Gasteiger partial charge in [0.2, 0.25) is 5.91 Å². The van der Waals surface area contributed by atoms with Gasteiger partial charge in [0.15, 0.2) is 0 Å². The second kappa shape index (κ2) is 3.34. The number of hydrogen-bond donors (Lipinski definition) is 2. The fraction of sp³-hybridized carbons (Fsp3) is 0.667. The van der Waals surface area contributed by atoms with Gasteiger partial charge in [0.1, 0.15) is 0 Å². The fourth-order valence-electron chi connectivity index (χ4n) is 0.923. The standard InChI is InChI=1S/C6H10N2O3/c9-5-1-3-8(7-5)4-2-6(10)11/h1-4H2,(H,7,9)(H,10,11). The topological polar surface area (TPSA) is 69.6 Å². The molecule has 1 aliphatic heterocycles. The van der Waals surface area contributed by atoms with Gasteiger partial charge in [0, 0.05) is 19.5 Å². The van der Waals surface area contributed by atoms with Crippen molar-refractivity contribution in [3.8, 4) is 0 Å². The molecule has 0 saturated carbocycles.